The number of aromatic nitrogens is 2. The van der Waals surface area contributed by atoms with E-state index in [1.165, 1.54) is 28.8 Å². The molecule has 0 bridgehead atoms. The van der Waals surface area contributed by atoms with Crippen LogP contribution in [0.2, 0.25) is 5.02 Å². The Morgan fingerprint density at radius 3 is 2.56 bits per heavy atom. The molecule has 194 valence electrons. The van der Waals surface area contributed by atoms with Crippen molar-refractivity contribution in [3.8, 4) is 0 Å². The Hall–Kier alpha value is -3.99. The molecular weight excluding hydrogens is 561 g/mol. The maximum absolute atomic E-state index is 13.7. The van der Waals surface area contributed by atoms with E-state index in [4.69, 9.17) is 16.0 Å². The third-order valence-electron chi connectivity index (χ3n) is 6.17. The van der Waals surface area contributed by atoms with Crippen LogP contribution in [0.4, 0.5) is 9.52 Å². The van der Waals surface area contributed by atoms with Crippen molar-refractivity contribution in [2.24, 2.45) is 0 Å². The number of amides is 1. The minimum Gasteiger partial charge on any atom is -0.503 e. The minimum absolute atomic E-state index is 0.000769. The zero-order valence-electron chi connectivity index (χ0n) is 19.9. The molecule has 5 aromatic rings. The second-order valence-corrected chi connectivity index (χ2v) is 11.2. The molecule has 7 nitrogen and oxygen atoms in total. The second kappa shape index (κ2) is 10.3. The molecule has 3 heterocycles. The summed E-state index contributed by atoms with van der Waals surface area (Å²) in [4.78, 5) is 28.4. The molecular formula is C28H17ClFN3O4S2. The Kier molecular flexibility index (Phi) is 6.68. The number of hydrogen-bond acceptors (Lipinski definition) is 8. The van der Waals surface area contributed by atoms with Gasteiger partial charge >= 0.3 is 0 Å². The molecule has 39 heavy (non-hydrogen) atoms. The number of aliphatic hydroxyl groups is 1. The van der Waals surface area contributed by atoms with E-state index in [0.29, 0.717) is 26.3 Å². The number of fused-ring (bicyclic) bond motifs is 1. The van der Waals surface area contributed by atoms with Crippen LogP contribution >= 0.6 is 34.7 Å². The van der Waals surface area contributed by atoms with E-state index in [-0.39, 0.29) is 22.3 Å². The quantitative estimate of drug-likeness (QED) is 0.125. The lowest BCUT2D eigenvalue weighted by Gasteiger charge is -2.23. The van der Waals surface area contributed by atoms with Crippen molar-refractivity contribution in [3.63, 3.8) is 0 Å². The lowest BCUT2D eigenvalue weighted by atomic mass is 9.95. The highest BCUT2D eigenvalue weighted by Gasteiger charge is 2.46. The first-order valence-corrected chi connectivity index (χ1v) is 13.8. The van der Waals surface area contributed by atoms with E-state index in [1.807, 2.05) is 6.07 Å². The first-order chi connectivity index (χ1) is 18.9. The summed E-state index contributed by atoms with van der Waals surface area (Å²) in [6, 6.07) is 20.5. The van der Waals surface area contributed by atoms with Crippen molar-refractivity contribution >= 4 is 62.5 Å². The molecule has 1 N–H and O–H groups in total. The summed E-state index contributed by atoms with van der Waals surface area (Å²) in [6.07, 6.45) is 0. The highest BCUT2D eigenvalue weighted by Crippen LogP contribution is 2.44. The van der Waals surface area contributed by atoms with Gasteiger partial charge in [0.05, 0.1) is 11.6 Å². The predicted octanol–water partition coefficient (Wildman–Crippen LogP) is 7.15. The predicted molar refractivity (Wildman–Crippen MR) is 148 cm³/mol. The maximum atomic E-state index is 13.7. The van der Waals surface area contributed by atoms with Gasteiger partial charge in [-0.2, -0.15) is 0 Å². The van der Waals surface area contributed by atoms with Crippen molar-refractivity contribution in [1.29, 1.82) is 0 Å². The fourth-order valence-corrected chi connectivity index (χ4v) is 6.25. The summed E-state index contributed by atoms with van der Waals surface area (Å²) in [6.45, 7) is 0. The maximum Gasteiger partial charge on any atom is 0.296 e. The van der Waals surface area contributed by atoms with Gasteiger partial charge in [-0.15, -0.1) is 10.2 Å². The van der Waals surface area contributed by atoms with Crippen LogP contribution in [0.1, 0.15) is 27.7 Å². The lowest BCUT2D eigenvalue weighted by molar-refractivity contribution is -0.117. The summed E-state index contributed by atoms with van der Waals surface area (Å²) in [5.74, 6) is -1.88. The highest BCUT2D eigenvalue weighted by atomic mass is 35.5. The van der Waals surface area contributed by atoms with E-state index in [1.54, 1.807) is 60.7 Å². The lowest BCUT2D eigenvalue weighted by Crippen LogP contribution is -2.31. The Morgan fingerprint density at radius 2 is 1.82 bits per heavy atom. The molecule has 3 aromatic carbocycles. The first kappa shape index (κ1) is 25.3. The van der Waals surface area contributed by atoms with Gasteiger partial charge < -0.3 is 9.52 Å². The zero-order valence-corrected chi connectivity index (χ0v) is 22.3. The van der Waals surface area contributed by atoms with Crippen molar-refractivity contribution in [2.75, 3.05) is 4.90 Å². The summed E-state index contributed by atoms with van der Waals surface area (Å²) >= 11 is 8.62. The number of halogens is 2. The molecule has 0 saturated carbocycles. The number of aliphatic hydroxyl groups excluding tert-OH is 1. The van der Waals surface area contributed by atoms with Crippen LogP contribution in [0.5, 0.6) is 0 Å². The van der Waals surface area contributed by atoms with Gasteiger partial charge in [0.1, 0.15) is 11.4 Å². The van der Waals surface area contributed by atoms with Gasteiger partial charge in [0.15, 0.2) is 15.9 Å². The van der Waals surface area contributed by atoms with Crippen LogP contribution < -0.4 is 4.90 Å². The van der Waals surface area contributed by atoms with Crippen molar-refractivity contribution in [2.45, 2.75) is 16.1 Å². The molecule has 0 saturated heterocycles. The summed E-state index contributed by atoms with van der Waals surface area (Å²) in [7, 11) is 0. The van der Waals surface area contributed by atoms with E-state index in [2.05, 4.69) is 10.2 Å². The number of ketones is 1. The van der Waals surface area contributed by atoms with Crippen molar-refractivity contribution < 1.29 is 23.5 Å². The Bertz CT molecular complexity index is 1720. The van der Waals surface area contributed by atoms with Crippen LogP contribution in [0.15, 0.2) is 99.0 Å². The summed E-state index contributed by atoms with van der Waals surface area (Å²) in [5.41, 5.74) is 1.83. The number of carbonyl (C=O) groups excluding carboxylic acids is 2. The van der Waals surface area contributed by atoms with Crippen molar-refractivity contribution in [3.05, 3.63) is 118 Å². The molecule has 0 aliphatic carbocycles. The number of anilines is 1. The van der Waals surface area contributed by atoms with Gasteiger partial charge in [0.2, 0.25) is 10.9 Å². The average Bonchev–Trinajstić information content (AvgIpc) is 3.65. The van der Waals surface area contributed by atoms with E-state index < -0.39 is 23.5 Å². The van der Waals surface area contributed by atoms with Crippen LogP contribution in [0.25, 0.3) is 11.0 Å². The Morgan fingerprint density at radius 1 is 1.08 bits per heavy atom. The number of hydrogen-bond donors (Lipinski definition) is 1. The standard InChI is InChI=1S/C28H17ClFN3O4S2/c29-18-9-7-16(8-10-18)23-22(24(34)21-13-17-3-1-2-4-20(17)37-21)25(35)26(36)33(23)27-31-32-28(39-27)38-14-15-5-11-19(30)12-6-15/h1-13,23,35H,14H2. The third-order valence-corrected chi connectivity index (χ3v) is 8.54. The number of Topliss-reactive ketones (excluding diaryl/α,β-unsaturated/α-hetero) is 1. The molecule has 0 radical (unpaired) electrons. The Labute approximate surface area is 234 Å². The van der Waals surface area contributed by atoms with Gasteiger partial charge in [-0.1, -0.05) is 77.2 Å². The fourth-order valence-electron chi connectivity index (χ4n) is 4.31. The molecule has 1 amide bonds. The number of rotatable bonds is 7. The first-order valence-electron chi connectivity index (χ1n) is 11.7. The number of thioether (sulfide) groups is 1. The monoisotopic (exact) mass is 577 g/mol. The van der Waals surface area contributed by atoms with Gasteiger partial charge in [-0.05, 0) is 47.5 Å². The number of furan rings is 1. The van der Waals surface area contributed by atoms with Gasteiger partial charge in [-0.25, -0.2) is 4.39 Å². The third kappa shape index (κ3) is 4.82. The average molecular weight is 578 g/mol. The molecule has 1 unspecified atom stereocenters. The molecule has 11 heteroatoms. The SMILES string of the molecule is O=C(C1=C(O)C(=O)N(c2nnc(SCc3ccc(F)cc3)s2)C1c1ccc(Cl)cc1)c1cc2ccccc2o1. The molecule has 0 spiro atoms. The smallest absolute Gasteiger partial charge is 0.296 e. The number of nitrogens with zero attached hydrogens (tertiary/aromatic N) is 3. The van der Waals surface area contributed by atoms with Crippen molar-refractivity contribution in [1.82, 2.24) is 10.2 Å². The van der Waals surface area contributed by atoms with Gasteiger partial charge in [-0.3, -0.25) is 14.5 Å². The molecule has 1 aliphatic rings. The number of benzene rings is 3. The second-order valence-electron chi connectivity index (χ2n) is 8.63. The molecule has 0 fully saturated rings. The molecule has 1 aliphatic heterocycles. The van der Waals surface area contributed by atoms with E-state index in [9.17, 15) is 19.1 Å². The van der Waals surface area contributed by atoms with Crippen LogP contribution in [-0.2, 0) is 10.5 Å². The number of para-hydroxylation sites is 1. The van der Waals surface area contributed by atoms with Crippen LogP contribution in [0.3, 0.4) is 0 Å². The fraction of sp³-hybridized carbons (Fsp3) is 0.0714. The largest absolute Gasteiger partial charge is 0.503 e. The van der Waals surface area contributed by atoms with Gasteiger partial charge in [0.25, 0.3) is 5.91 Å². The number of carbonyl (C=O) groups is 2. The van der Waals surface area contributed by atoms with Crippen LogP contribution in [-0.4, -0.2) is 27.0 Å². The molecule has 6 rings (SSSR count). The zero-order chi connectivity index (χ0) is 27.1. The molecule has 1 atom stereocenters. The minimum atomic E-state index is -0.988. The van der Waals surface area contributed by atoms with E-state index >= 15 is 0 Å². The highest BCUT2D eigenvalue weighted by molar-refractivity contribution is 8.00. The van der Waals surface area contributed by atoms with E-state index in [0.717, 1.165) is 22.3 Å². The molecule has 2 aromatic heterocycles. The normalized spacial score (nSPS) is 15.5. The summed E-state index contributed by atoms with van der Waals surface area (Å²) in [5, 5.41) is 20.8. The summed E-state index contributed by atoms with van der Waals surface area (Å²) < 4.78 is 19.5. The Balaban J connectivity index is 1.35. The topological polar surface area (TPSA) is 96.5 Å². The van der Waals surface area contributed by atoms with Crippen LogP contribution in [0, 0.1) is 5.82 Å². The van der Waals surface area contributed by atoms with Gasteiger partial charge in [0, 0.05) is 16.2 Å².